The van der Waals surface area contributed by atoms with Crippen LogP contribution in [0, 0.1) is 0 Å². The van der Waals surface area contributed by atoms with Crippen LogP contribution in [0.2, 0.25) is 10.0 Å². The quantitative estimate of drug-likeness (QED) is 0.524. The van der Waals surface area contributed by atoms with Crippen molar-refractivity contribution in [1.29, 1.82) is 0 Å². The fraction of sp³-hybridized carbons (Fsp3) is 0.222. The summed E-state index contributed by atoms with van der Waals surface area (Å²) in [5.41, 5.74) is 0.672. The number of hydrogen-bond acceptors (Lipinski definition) is 4. The highest BCUT2D eigenvalue weighted by Crippen LogP contribution is 2.16. The Hall–Kier alpha value is -2.04. The molecule has 6 heteroatoms. The van der Waals surface area contributed by atoms with Gasteiger partial charge in [-0.1, -0.05) is 30.1 Å². The van der Waals surface area contributed by atoms with Crippen molar-refractivity contribution in [3.63, 3.8) is 0 Å². The van der Waals surface area contributed by atoms with Crippen LogP contribution in [-0.4, -0.2) is 18.2 Å². The zero-order chi connectivity index (χ0) is 17.5. The number of esters is 2. The van der Waals surface area contributed by atoms with Gasteiger partial charge in [0, 0.05) is 16.5 Å². The van der Waals surface area contributed by atoms with Gasteiger partial charge in [-0.25, -0.2) is 9.59 Å². The minimum absolute atomic E-state index is 0.336. The molecule has 2 rings (SSSR count). The first-order chi connectivity index (χ1) is 11.5. The monoisotopic (exact) mass is 366 g/mol. The van der Waals surface area contributed by atoms with E-state index in [1.807, 2.05) is 6.92 Å². The summed E-state index contributed by atoms with van der Waals surface area (Å²) in [7, 11) is 0. The molecule has 0 bridgehead atoms. The van der Waals surface area contributed by atoms with Gasteiger partial charge in [-0.2, -0.15) is 0 Å². The Kier molecular flexibility index (Phi) is 6.64. The fourth-order valence-corrected chi connectivity index (χ4v) is 2.18. The van der Waals surface area contributed by atoms with Crippen LogP contribution in [0.25, 0.3) is 0 Å². The van der Waals surface area contributed by atoms with Gasteiger partial charge in [0.2, 0.25) is 6.29 Å². The first kappa shape index (κ1) is 18.3. The molecule has 0 saturated carbocycles. The van der Waals surface area contributed by atoms with Crippen molar-refractivity contribution in [3.8, 4) is 0 Å². The van der Waals surface area contributed by atoms with E-state index in [-0.39, 0.29) is 0 Å². The molecule has 126 valence electrons. The second-order valence-electron chi connectivity index (χ2n) is 5.04. The molecule has 0 aliphatic heterocycles. The van der Waals surface area contributed by atoms with Gasteiger partial charge in [0.25, 0.3) is 0 Å². The number of halogens is 2. The predicted octanol–water partition coefficient (Wildman–Crippen LogP) is 5.13. The van der Waals surface area contributed by atoms with Crippen molar-refractivity contribution in [2.45, 2.75) is 26.1 Å². The fourth-order valence-electron chi connectivity index (χ4n) is 1.92. The minimum Gasteiger partial charge on any atom is -0.422 e. The average Bonchev–Trinajstić information content (AvgIpc) is 2.56. The molecule has 0 spiro atoms. The first-order valence-electron chi connectivity index (χ1n) is 7.42. The molecule has 0 aromatic heterocycles. The molecule has 0 atom stereocenters. The number of rotatable bonds is 6. The van der Waals surface area contributed by atoms with E-state index in [4.69, 9.17) is 32.7 Å². The molecule has 4 nitrogen and oxygen atoms in total. The van der Waals surface area contributed by atoms with Crippen molar-refractivity contribution < 1.29 is 19.1 Å². The summed E-state index contributed by atoms with van der Waals surface area (Å²) in [5, 5.41) is 1.04. The molecule has 0 fully saturated rings. The zero-order valence-electron chi connectivity index (χ0n) is 13.0. The smallest absolute Gasteiger partial charge is 0.341 e. The van der Waals surface area contributed by atoms with Crippen molar-refractivity contribution in [2.75, 3.05) is 0 Å². The molecule has 0 N–H and O–H groups in total. The van der Waals surface area contributed by atoms with Crippen molar-refractivity contribution in [1.82, 2.24) is 0 Å². The van der Waals surface area contributed by atoms with Gasteiger partial charge in [0.15, 0.2) is 0 Å². The summed E-state index contributed by atoms with van der Waals surface area (Å²) < 4.78 is 10.6. The van der Waals surface area contributed by atoms with E-state index in [1.54, 1.807) is 48.5 Å². The molecular formula is C18H16Cl2O4. The van der Waals surface area contributed by atoms with Gasteiger partial charge >= 0.3 is 11.9 Å². The van der Waals surface area contributed by atoms with Gasteiger partial charge in [0.05, 0.1) is 11.1 Å². The summed E-state index contributed by atoms with van der Waals surface area (Å²) in [5.74, 6) is -1.15. The number of benzene rings is 2. The molecule has 0 unspecified atom stereocenters. The Morgan fingerprint density at radius 1 is 0.833 bits per heavy atom. The van der Waals surface area contributed by atoms with E-state index in [2.05, 4.69) is 0 Å². The van der Waals surface area contributed by atoms with Crippen molar-refractivity contribution in [2.24, 2.45) is 0 Å². The van der Waals surface area contributed by atoms with Crippen LogP contribution < -0.4 is 0 Å². The van der Waals surface area contributed by atoms with Crippen LogP contribution in [0.15, 0.2) is 48.5 Å². The molecule has 2 aromatic carbocycles. The highest BCUT2D eigenvalue weighted by Gasteiger charge is 2.20. The maximum atomic E-state index is 12.1. The van der Waals surface area contributed by atoms with E-state index in [0.717, 1.165) is 0 Å². The van der Waals surface area contributed by atoms with Crippen LogP contribution in [0.3, 0.4) is 0 Å². The average molecular weight is 367 g/mol. The van der Waals surface area contributed by atoms with Gasteiger partial charge < -0.3 is 9.47 Å². The van der Waals surface area contributed by atoms with Crippen LogP contribution in [0.5, 0.6) is 0 Å². The van der Waals surface area contributed by atoms with Gasteiger partial charge in [-0.3, -0.25) is 0 Å². The molecule has 0 heterocycles. The Morgan fingerprint density at radius 2 is 1.21 bits per heavy atom. The number of hydrogen-bond donors (Lipinski definition) is 0. The van der Waals surface area contributed by atoms with E-state index < -0.39 is 18.2 Å². The number of carbonyl (C=O) groups is 2. The highest BCUT2D eigenvalue weighted by atomic mass is 35.5. The first-order valence-corrected chi connectivity index (χ1v) is 8.18. The second-order valence-corrected chi connectivity index (χ2v) is 5.92. The molecule has 24 heavy (non-hydrogen) atoms. The van der Waals surface area contributed by atoms with Gasteiger partial charge in [0.1, 0.15) is 0 Å². The summed E-state index contributed by atoms with van der Waals surface area (Å²) in [6, 6.07) is 12.6. The van der Waals surface area contributed by atoms with E-state index in [1.165, 1.54) is 0 Å². The maximum Gasteiger partial charge on any atom is 0.341 e. The molecule has 0 aliphatic rings. The lowest BCUT2D eigenvalue weighted by Crippen LogP contribution is -2.24. The Bertz CT molecular complexity index is 636. The third-order valence-corrected chi connectivity index (χ3v) is 3.67. The van der Waals surface area contributed by atoms with E-state index in [9.17, 15) is 9.59 Å². The largest absolute Gasteiger partial charge is 0.422 e. The molecular weight excluding hydrogens is 351 g/mol. The van der Waals surface area contributed by atoms with Crippen molar-refractivity contribution in [3.05, 3.63) is 69.7 Å². The predicted molar refractivity (Wildman–Crippen MR) is 92.4 cm³/mol. The van der Waals surface area contributed by atoms with Crippen LogP contribution >= 0.6 is 23.2 Å². The third-order valence-electron chi connectivity index (χ3n) is 3.16. The zero-order valence-corrected chi connectivity index (χ0v) is 14.5. The lowest BCUT2D eigenvalue weighted by Gasteiger charge is -2.18. The topological polar surface area (TPSA) is 52.6 Å². The normalized spacial score (nSPS) is 10.5. The highest BCUT2D eigenvalue weighted by molar-refractivity contribution is 6.30. The lowest BCUT2D eigenvalue weighted by molar-refractivity contribution is -0.0830. The molecule has 2 aromatic rings. The van der Waals surface area contributed by atoms with Crippen LogP contribution in [0.4, 0.5) is 0 Å². The van der Waals surface area contributed by atoms with E-state index >= 15 is 0 Å². The Labute approximate surface area is 150 Å². The second kappa shape index (κ2) is 8.71. The summed E-state index contributed by atoms with van der Waals surface area (Å²) in [6.45, 7) is 1.90. The summed E-state index contributed by atoms with van der Waals surface area (Å²) in [6.07, 6.45) is 0.131. The third kappa shape index (κ3) is 5.25. The van der Waals surface area contributed by atoms with Crippen LogP contribution in [0.1, 0.15) is 40.5 Å². The van der Waals surface area contributed by atoms with E-state index in [0.29, 0.717) is 34.0 Å². The summed E-state index contributed by atoms with van der Waals surface area (Å²) >= 11 is 11.6. The Balaban J connectivity index is 2.03. The maximum absolute atomic E-state index is 12.1. The SMILES string of the molecule is CCCC(OC(=O)c1ccc(Cl)cc1)OC(=O)c1ccc(Cl)cc1. The van der Waals surface area contributed by atoms with Crippen LogP contribution in [-0.2, 0) is 9.47 Å². The molecule has 0 amide bonds. The van der Waals surface area contributed by atoms with Gasteiger partial charge in [-0.05, 0) is 55.0 Å². The molecule has 0 saturated heterocycles. The minimum atomic E-state index is -0.957. The molecule has 0 aliphatic carbocycles. The molecule has 0 radical (unpaired) electrons. The van der Waals surface area contributed by atoms with Gasteiger partial charge in [-0.15, -0.1) is 0 Å². The van der Waals surface area contributed by atoms with Crippen molar-refractivity contribution >= 4 is 35.1 Å². The number of ether oxygens (including phenoxy) is 2. The Morgan fingerprint density at radius 3 is 1.54 bits per heavy atom. The lowest BCUT2D eigenvalue weighted by atomic mass is 10.2. The summed E-state index contributed by atoms with van der Waals surface area (Å²) in [4.78, 5) is 24.3. The standard InChI is InChI=1S/C18H16Cl2O4/c1-2-3-16(23-17(21)12-4-8-14(19)9-5-12)24-18(22)13-6-10-15(20)11-7-13/h4-11,16H,2-3H2,1H3. The number of carbonyl (C=O) groups excluding carboxylic acids is 2.